The Balaban J connectivity index is 2.03. The third-order valence-corrected chi connectivity index (χ3v) is 3.66. The minimum absolute atomic E-state index is 0.537. The van der Waals surface area contributed by atoms with Crippen molar-refractivity contribution < 1.29 is 4.74 Å². The highest BCUT2D eigenvalue weighted by Crippen LogP contribution is 2.22. The van der Waals surface area contributed by atoms with Crippen LogP contribution >= 0.6 is 0 Å². The molecule has 100 valence electrons. The molecule has 0 amide bonds. The lowest BCUT2D eigenvalue weighted by molar-refractivity contribution is 0.194. The Bertz CT molecular complexity index is 379. The summed E-state index contributed by atoms with van der Waals surface area (Å²) in [6.07, 6.45) is 0. The molecule has 0 radical (unpaired) electrons. The summed E-state index contributed by atoms with van der Waals surface area (Å²) >= 11 is 0. The summed E-state index contributed by atoms with van der Waals surface area (Å²) in [5, 5.41) is 3.41. The molecule has 3 heteroatoms. The predicted molar refractivity (Wildman–Crippen MR) is 74.9 cm³/mol. The van der Waals surface area contributed by atoms with Gasteiger partial charge in [-0.1, -0.05) is 32.0 Å². The van der Waals surface area contributed by atoms with Gasteiger partial charge in [-0.25, -0.2) is 0 Å². The van der Waals surface area contributed by atoms with Crippen molar-refractivity contribution in [3.05, 3.63) is 29.8 Å². The summed E-state index contributed by atoms with van der Waals surface area (Å²) in [6.45, 7) is 8.38. The molecule has 2 rings (SSSR count). The van der Waals surface area contributed by atoms with Crippen LogP contribution in [0.1, 0.15) is 19.4 Å². The van der Waals surface area contributed by atoms with Crippen LogP contribution < -0.4 is 10.1 Å². The molecule has 1 unspecified atom stereocenters. The standard InChI is InChI=1S/C15H24N2O/c1-12(2)14(16-3)11-17-8-9-18-15-7-5-4-6-13(15)10-17/h4-7,12,14,16H,8-11H2,1-3H3. The first-order valence-corrected chi connectivity index (χ1v) is 6.81. The van der Waals surface area contributed by atoms with Crippen LogP contribution in [0.3, 0.4) is 0 Å². The van der Waals surface area contributed by atoms with E-state index in [0.29, 0.717) is 12.0 Å². The van der Waals surface area contributed by atoms with Gasteiger partial charge in [-0.2, -0.15) is 0 Å². The average Bonchev–Trinajstić information content (AvgIpc) is 2.57. The lowest BCUT2D eigenvalue weighted by Crippen LogP contribution is -2.43. The molecule has 1 aliphatic heterocycles. The smallest absolute Gasteiger partial charge is 0.123 e. The van der Waals surface area contributed by atoms with E-state index in [4.69, 9.17) is 4.74 Å². The maximum absolute atomic E-state index is 5.79. The van der Waals surface area contributed by atoms with Crippen molar-refractivity contribution in [1.82, 2.24) is 10.2 Å². The van der Waals surface area contributed by atoms with Crippen molar-refractivity contribution in [3.63, 3.8) is 0 Å². The Morgan fingerprint density at radius 2 is 2.11 bits per heavy atom. The molecule has 1 heterocycles. The summed E-state index contributed by atoms with van der Waals surface area (Å²) in [5.74, 6) is 1.69. The Morgan fingerprint density at radius 1 is 1.33 bits per heavy atom. The van der Waals surface area contributed by atoms with Gasteiger partial charge in [-0.15, -0.1) is 0 Å². The van der Waals surface area contributed by atoms with Gasteiger partial charge in [-0.05, 0) is 19.0 Å². The Morgan fingerprint density at radius 3 is 2.83 bits per heavy atom. The maximum atomic E-state index is 5.79. The van der Waals surface area contributed by atoms with Crippen LogP contribution in [0.2, 0.25) is 0 Å². The summed E-state index contributed by atoms with van der Waals surface area (Å²) in [7, 11) is 2.05. The van der Waals surface area contributed by atoms with Crippen molar-refractivity contribution in [2.45, 2.75) is 26.4 Å². The fourth-order valence-electron chi connectivity index (χ4n) is 2.45. The Labute approximate surface area is 110 Å². The molecular weight excluding hydrogens is 224 g/mol. The van der Waals surface area contributed by atoms with E-state index < -0.39 is 0 Å². The van der Waals surface area contributed by atoms with E-state index in [1.807, 2.05) is 13.1 Å². The molecule has 0 fully saturated rings. The van der Waals surface area contributed by atoms with Crippen LogP contribution in [0, 0.1) is 5.92 Å². The normalized spacial score (nSPS) is 18.0. The van der Waals surface area contributed by atoms with Gasteiger partial charge in [0.15, 0.2) is 0 Å². The zero-order chi connectivity index (χ0) is 13.0. The summed E-state index contributed by atoms with van der Waals surface area (Å²) in [6, 6.07) is 8.90. The largest absolute Gasteiger partial charge is 0.492 e. The molecule has 0 spiro atoms. The highest BCUT2D eigenvalue weighted by molar-refractivity contribution is 5.33. The van der Waals surface area contributed by atoms with Gasteiger partial charge < -0.3 is 10.1 Å². The zero-order valence-electron chi connectivity index (χ0n) is 11.6. The van der Waals surface area contributed by atoms with Gasteiger partial charge in [0.05, 0.1) is 0 Å². The monoisotopic (exact) mass is 248 g/mol. The van der Waals surface area contributed by atoms with E-state index in [1.165, 1.54) is 5.56 Å². The first kappa shape index (κ1) is 13.4. The van der Waals surface area contributed by atoms with Crippen molar-refractivity contribution in [2.24, 2.45) is 5.92 Å². The molecule has 1 N–H and O–H groups in total. The van der Waals surface area contributed by atoms with Crippen molar-refractivity contribution in [1.29, 1.82) is 0 Å². The second-order valence-electron chi connectivity index (χ2n) is 5.33. The van der Waals surface area contributed by atoms with E-state index in [9.17, 15) is 0 Å². The number of fused-ring (bicyclic) bond motifs is 1. The zero-order valence-corrected chi connectivity index (χ0v) is 11.6. The molecule has 0 bridgehead atoms. The number of para-hydroxylation sites is 1. The minimum atomic E-state index is 0.537. The highest BCUT2D eigenvalue weighted by atomic mass is 16.5. The van der Waals surface area contributed by atoms with E-state index in [1.54, 1.807) is 0 Å². The molecule has 1 atom stereocenters. The van der Waals surface area contributed by atoms with Crippen LogP contribution in [0.4, 0.5) is 0 Å². The van der Waals surface area contributed by atoms with Crippen LogP contribution in [0.15, 0.2) is 24.3 Å². The van der Waals surface area contributed by atoms with Gasteiger partial charge in [-0.3, -0.25) is 4.90 Å². The Hall–Kier alpha value is -1.06. The maximum Gasteiger partial charge on any atom is 0.123 e. The van der Waals surface area contributed by atoms with Crippen LogP contribution in [0.25, 0.3) is 0 Å². The number of hydrogen-bond donors (Lipinski definition) is 1. The summed E-state index contributed by atoms with van der Waals surface area (Å²) < 4.78 is 5.79. The molecule has 1 aromatic rings. The number of benzene rings is 1. The average molecular weight is 248 g/mol. The second-order valence-corrected chi connectivity index (χ2v) is 5.33. The SMILES string of the molecule is CNC(CN1CCOc2ccccc2C1)C(C)C. The molecule has 1 aromatic carbocycles. The molecule has 0 aromatic heterocycles. The first-order valence-electron chi connectivity index (χ1n) is 6.81. The second kappa shape index (κ2) is 6.21. The van der Waals surface area contributed by atoms with E-state index >= 15 is 0 Å². The number of nitrogens with one attached hydrogen (secondary N) is 1. The highest BCUT2D eigenvalue weighted by Gasteiger charge is 2.19. The van der Waals surface area contributed by atoms with Gasteiger partial charge in [0, 0.05) is 31.2 Å². The number of nitrogens with zero attached hydrogens (tertiary/aromatic N) is 1. The first-order chi connectivity index (χ1) is 8.70. The predicted octanol–water partition coefficient (Wildman–Crippen LogP) is 2.12. The lowest BCUT2D eigenvalue weighted by Gasteiger charge is -2.28. The van der Waals surface area contributed by atoms with E-state index in [-0.39, 0.29) is 0 Å². The fourth-order valence-corrected chi connectivity index (χ4v) is 2.45. The van der Waals surface area contributed by atoms with Gasteiger partial charge >= 0.3 is 0 Å². The molecular formula is C15H24N2O. The van der Waals surface area contributed by atoms with E-state index in [0.717, 1.165) is 32.0 Å². The molecule has 0 saturated heterocycles. The fraction of sp³-hybridized carbons (Fsp3) is 0.600. The van der Waals surface area contributed by atoms with E-state index in [2.05, 4.69) is 42.3 Å². The number of ether oxygens (including phenoxy) is 1. The number of hydrogen-bond acceptors (Lipinski definition) is 3. The number of rotatable bonds is 4. The van der Waals surface area contributed by atoms with Gasteiger partial charge in [0.25, 0.3) is 0 Å². The van der Waals surface area contributed by atoms with Gasteiger partial charge in [0.2, 0.25) is 0 Å². The quantitative estimate of drug-likeness (QED) is 0.883. The molecule has 3 nitrogen and oxygen atoms in total. The third kappa shape index (κ3) is 3.24. The summed E-state index contributed by atoms with van der Waals surface area (Å²) in [5.41, 5.74) is 1.30. The third-order valence-electron chi connectivity index (χ3n) is 3.66. The lowest BCUT2D eigenvalue weighted by atomic mass is 10.0. The Kier molecular flexibility index (Phi) is 4.61. The van der Waals surface area contributed by atoms with Crippen LogP contribution in [0.5, 0.6) is 5.75 Å². The van der Waals surface area contributed by atoms with Crippen molar-refractivity contribution in [2.75, 3.05) is 26.7 Å². The summed E-state index contributed by atoms with van der Waals surface area (Å²) in [4.78, 5) is 2.48. The van der Waals surface area contributed by atoms with Crippen molar-refractivity contribution in [3.8, 4) is 5.75 Å². The topological polar surface area (TPSA) is 24.5 Å². The molecule has 0 saturated carbocycles. The van der Waals surface area contributed by atoms with Crippen molar-refractivity contribution >= 4 is 0 Å². The molecule has 18 heavy (non-hydrogen) atoms. The molecule has 1 aliphatic rings. The van der Waals surface area contributed by atoms with Gasteiger partial charge in [0.1, 0.15) is 12.4 Å². The van der Waals surface area contributed by atoms with Crippen LogP contribution in [-0.4, -0.2) is 37.7 Å². The van der Waals surface area contributed by atoms with Crippen LogP contribution in [-0.2, 0) is 6.54 Å². The molecule has 0 aliphatic carbocycles. The number of likely N-dealkylation sites (N-methyl/N-ethyl adjacent to an activating group) is 1. The minimum Gasteiger partial charge on any atom is -0.492 e.